The molecule has 42 heavy (non-hydrogen) atoms. The van der Waals surface area contributed by atoms with E-state index in [4.69, 9.17) is 22.3 Å². The number of hydrogen-bond acceptors (Lipinski definition) is 6. The van der Waals surface area contributed by atoms with Crippen LogP contribution in [0.25, 0.3) is 44.8 Å². The lowest BCUT2D eigenvalue weighted by Crippen LogP contribution is -2.40. The van der Waals surface area contributed by atoms with E-state index in [2.05, 4.69) is 24.9 Å². The minimum atomic E-state index is -0.304. The minimum absolute atomic E-state index is 0. The number of nitrogens with two attached hydrogens (primary N) is 1. The van der Waals surface area contributed by atoms with Crippen LogP contribution in [0.15, 0.2) is 72.8 Å². The normalized spacial score (nSPS) is 14.5. The van der Waals surface area contributed by atoms with E-state index in [1.165, 1.54) is 0 Å². The Morgan fingerprint density at radius 1 is 0.833 bits per heavy atom. The monoisotopic (exact) mass is 580 g/mol. The topological polar surface area (TPSA) is 129 Å². The van der Waals surface area contributed by atoms with Crippen molar-refractivity contribution in [2.45, 2.75) is 40.2 Å². The Hall–Kier alpha value is -4.76. The first-order valence-electron chi connectivity index (χ1n) is 13.4. The number of halogens is 1. The van der Waals surface area contributed by atoms with E-state index in [0.717, 1.165) is 69.8 Å². The third kappa shape index (κ3) is 5.69. The zero-order chi connectivity index (χ0) is 28.5. The molecule has 4 N–H and O–H groups in total. The van der Waals surface area contributed by atoms with Gasteiger partial charge in [0, 0.05) is 29.1 Å². The van der Waals surface area contributed by atoms with Crippen LogP contribution in [0.5, 0.6) is 0 Å². The molecule has 0 saturated carbocycles. The number of H-pyrrole nitrogens is 2. The van der Waals surface area contributed by atoms with E-state index < -0.39 is 0 Å². The number of fused-ring (bicyclic) bond motifs is 2. The summed E-state index contributed by atoms with van der Waals surface area (Å²) in [6, 6.07) is 23.3. The summed E-state index contributed by atoms with van der Waals surface area (Å²) in [4.78, 5) is 38.5. The predicted molar refractivity (Wildman–Crippen MR) is 169 cm³/mol. The average Bonchev–Trinajstić information content (AvgIpc) is 3.71. The van der Waals surface area contributed by atoms with Crippen molar-refractivity contribution in [1.29, 1.82) is 0 Å². The van der Waals surface area contributed by atoms with Crippen LogP contribution >= 0.6 is 11.6 Å². The molecule has 0 bridgehead atoms. The van der Waals surface area contributed by atoms with Crippen molar-refractivity contribution in [2.75, 3.05) is 11.4 Å². The molecule has 2 aromatic carbocycles. The molecule has 10 heteroatoms. The van der Waals surface area contributed by atoms with Gasteiger partial charge >= 0.3 is 0 Å². The van der Waals surface area contributed by atoms with Gasteiger partial charge in [0.1, 0.15) is 28.3 Å². The van der Waals surface area contributed by atoms with Crippen molar-refractivity contribution in [3.8, 4) is 22.8 Å². The highest BCUT2D eigenvalue weighted by atomic mass is 35.5. The number of anilines is 1. The van der Waals surface area contributed by atoms with Gasteiger partial charge < -0.3 is 20.6 Å². The van der Waals surface area contributed by atoms with Crippen LogP contribution in [-0.4, -0.2) is 48.4 Å². The second-order valence-corrected chi connectivity index (χ2v) is 10.5. The molecule has 0 spiro atoms. The molecular formula is C32H33ClN8O. The number of primary amides is 1. The third-order valence-electron chi connectivity index (χ3n) is 7.09. The van der Waals surface area contributed by atoms with Crippen molar-refractivity contribution in [3.05, 3.63) is 89.3 Å². The zero-order valence-electron chi connectivity index (χ0n) is 22.7. The highest BCUT2D eigenvalue weighted by Gasteiger charge is 2.32. The second-order valence-electron chi connectivity index (χ2n) is 10.1. The quantitative estimate of drug-likeness (QED) is 0.201. The maximum absolute atomic E-state index is 11.8. The molecule has 1 aliphatic rings. The summed E-state index contributed by atoms with van der Waals surface area (Å²) in [5, 5.41) is 2.28. The summed E-state index contributed by atoms with van der Waals surface area (Å²) in [5.41, 5.74) is 11.1. The van der Waals surface area contributed by atoms with Gasteiger partial charge in [0.25, 0.3) is 0 Å². The summed E-state index contributed by atoms with van der Waals surface area (Å²) in [6.07, 6.45) is 1.70. The number of amides is 1. The molecule has 4 aromatic heterocycles. The van der Waals surface area contributed by atoms with E-state index in [9.17, 15) is 4.79 Å². The van der Waals surface area contributed by atoms with Gasteiger partial charge in [-0.2, -0.15) is 0 Å². The molecular weight excluding hydrogens is 548 g/mol. The standard InChI is InChI=1S/C18H19N5O.C13H10ClN3.CH4/c1-11-10-13-17(20-11)21-16(12-6-3-2-4-7-12)22-18(13)23-9-5-8-14(23)15(19)24;1-8-7-10-11(14)16-12(17-13(10)15-8)9-5-3-2-4-6-9;/h2-4,6-7,10,14H,5,8-9H2,1H3,(H2,19,24)(H,20,21,22);2-7H,1H3,(H,15,16,17);1H4/t14-;;/m0../s1. The minimum Gasteiger partial charge on any atom is -0.368 e. The molecule has 7 rings (SSSR count). The second kappa shape index (κ2) is 12.0. The van der Waals surface area contributed by atoms with Crippen LogP contribution in [0.2, 0.25) is 5.15 Å². The highest BCUT2D eigenvalue weighted by Crippen LogP contribution is 2.32. The van der Waals surface area contributed by atoms with Crippen LogP contribution in [0, 0.1) is 13.8 Å². The zero-order valence-corrected chi connectivity index (χ0v) is 23.5. The molecule has 0 radical (unpaired) electrons. The predicted octanol–water partition coefficient (Wildman–Crippen LogP) is 6.61. The van der Waals surface area contributed by atoms with Crippen molar-refractivity contribution in [2.24, 2.45) is 5.73 Å². The van der Waals surface area contributed by atoms with E-state index in [1.807, 2.05) is 91.5 Å². The van der Waals surface area contributed by atoms with Crippen LogP contribution in [-0.2, 0) is 4.79 Å². The van der Waals surface area contributed by atoms with Crippen molar-refractivity contribution >= 4 is 45.4 Å². The van der Waals surface area contributed by atoms with Crippen LogP contribution in [0.4, 0.5) is 5.82 Å². The molecule has 1 amide bonds. The van der Waals surface area contributed by atoms with Gasteiger partial charge in [0.05, 0.1) is 10.8 Å². The molecule has 5 heterocycles. The fourth-order valence-electron chi connectivity index (χ4n) is 5.20. The first kappa shape index (κ1) is 28.8. The Kier molecular flexibility index (Phi) is 8.22. The van der Waals surface area contributed by atoms with Crippen LogP contribution in [0.1, 0.15) is 31.7 Å². The van der Waals surface area contributed by atoms with E-state index in [0.29, 0.717) is 16.8 Å². The Bertz CT molecular complexity index is 1850. The van der Waals surface area contributed by atoms with Gasteiger partial charge in [-0.05, 0) is 38.8 Å². The van der Waals surface area contributed by atoms with Gasteiger partial charge in [-0.3, -0.25) is 4.79 Å². The molecule has 1 aliphatic heterocycles. The highest BCUT2D eigenvalue weighted by molar-refractivity contribution is 6.34. The van der Waals surface area contributed by atoms with Crippen molar-refractivity contribution in [3.63, 3.8) is 0 Å². The van der Waals surface area contributed by atoms with Gasteiger partial charge in [-0.25, -0.2) is 19.9 Å². The number of carbonyl (C=O) groups excluding carboxylic acids is 1. The Morgan fingerprint density at radius 3 is 1.93 bits per heavy atom. The number of rotatable bonds is 4. The molecule has 0 unspecified atom stereocenters. The first-order valence-corrected chi connectivity index (χ1v) is 13.8. The lowest BCUT2D eigenvalue weighted by atomic mass is 10.2. The maximum atomic E-state index is 11.8. The van der Waals surface area contributed by atoms with E-state index in [1.54, 1.807) is 0 Å². The van der Waals surface area contributed by atoms with Gasteiger partial charge in [-0.15, -0.1) is 0 Å². The largest absolute Gasteiger partial charge is 0.368 e. The van der Waals surface area contributed by atoms with Gasteiger partial charge in [0.15, 0.2) is 11.6 Å². The number of nitrogens with zero attached hydrogens (tertiary/aromatic N) is 5. The number of aromatic amines is 2. The summed E-state index contributed by atoms with van der Waals surface area (Å²) in [7, 11) is 0. The first-order chi connectivity index (χ1) is 19.9. The Balaban J connectivity index is 0.000000173. The van der Waals surface area contributed by atoms with E-state index in [-0.39, 0.29) is 19.4 Å². The Labute approximate surface area is 249 Å². The number of nitrogens with one attached hydrogen (secondary N) is 2. The third-order valence-corrected chi connectivity index (χ3v) is 7.38. The molecule has 0 aliphatic carbocycles. The number of carbonyl (C=O) groups is 1. The smallest absolute Gasteiger partial charge is 0.240 e. The van der Waals surface area contributed by atoms with Crippen molar-refractivity contribution in [1.82, 2.24) is 29.9 Å². The summed E-state index contributed by atoms with van der Waals surface area (Å²) < 4.78 is 0. The number of aryl methyl sites for hydroxylation is 2. The molecule has 214 valence electrons. The summed E-state index contributed by atoms with van der Waals surface area (Å²) >= 11 is 6.15. The molecule has 6 aromatic rings. The number of benzene rings is 2. The fraction of sp³-hybridized carbons (Fsp3) is 0.219. The fourth-order valence-corrected chi connectivity index (χ4v) is 5.42. The summed E-state index contributed by atoms with van der Waals surface area (Å²) in [5.74, 6) is 1.78. The maximum Gasteiger partial charge on any atom is 0.240 e. The van der Waals surface area contributed by atoms with E-state index >= 15 is 0 Å². The van der Waals surface area contributed by atoms with Crippen molar-refractivity contribution < 1.29 is 4.79 Å². The lowest BCUT2D eigenvalue weighted by molar-refractivity contribution is -0.119. The number of aromatic nitrogens is 6. The van der Waals surface area contributed by atoms with Gasteiger partial charge in [-0.1, -0.05) is 79.7 Å². The molecule has 1 saturated heterocycles. The Morgan fingerprint density at radius 2 is 1.36 bits per heavy atom. The molecule has 1 atom stereocenters. The lowest BCUT2D eigenvalue weighted by Gasteiger charge is -2.24. The number of hydrogen-bond donors (Lipinski definition) is 3. The van der Waals surface area contributed by atoms with Gasteiger partial charge in [0.2, 0.25) is 5.91 Å². The van der Waals surface area contributed by atoms with Crippen LogP contribution < -0.4 is 10.6 Å². The molecule has 9 nitrogen and oxygen atoms in total. The summed E-state index contributed by atoms with van der Waals surface area (Å²) in [6.45, 7) is 4.74. The van der Waals surface area contributed by atoms with Crippen LogP contribution in [0.3, 0.4) is 0 Å². The average molecular weight is 581 g/mol. The SMILES string of the molecule is C.Cc1cc2c(Cl)nc(-c3ccccc3)nc2[nH]1.Cc1cc2c(N3CCC[C@H]3C(N)=O)nc(-c3ccccc3)nc2[nH]1. The molecule has 1 fully saturated rings.